The molecule has 92 valence electrons. The second kappa shape index (κ2) is 8.12. The van der Waals surface area contributed by atoms with Gasteiger partial charge in [0.05, 0.1) is 18.3 Å². The highest BCUT2D eigenvalue weighted by Crippen LogP contribution is 2.23. The lowest BCUT2D eigenvalue weighted by Gasteiger charge is -2.14. The quantitative estimate of drug-likeness (QED) is 0.729. The summed E-state index contributed by atoms with van der Waals surface area (Å²) < 4.78 is 5.20. The predicted octanol–water partition coefficient (Wildman–Crippen LogP) is 3.52. The fraction of sp³-hybridized carbons (Fsp3) is 1.00. The van der Waals surface area contributed by atoms with E-state index in [1.54, 1.807) is 0 Å². The Morgan fingerprint density at radius 2 is 1.67 bits per heavy atom. The van der Waals surface area contributed by atoms with Crippen LogP contribution in [0.1, 0.15) is 66.2 Å². The normalized spacial score (nSPS) is 23.4. The first-order valence-electron chi connectivity index (χ1n) is 6.34. The molecule has 0 amide bonds. The number of aliphatic hydroxyl groups excluding tert-OH is 1. The summed E-state index contributed by atoms with van der Waals surface area (Å²) in [5.74, 6) is 0. The second-order valence-electron chi connectivity index (χ2n) is 4.99. The number of rotatable bonds is 4. The first-order valence-corrected chi connectivity index (χ1v) is 6.34. The average molecular weight is 216 g/mol. The highest BCUT2D eigenvalue weighted by molar-refractivity contribution is 4.79. The molecule has 1 atom stereocenters. The fourth-order valence-electron chi connectivity index (χ4n) is 1.68. The summed E-state index contributed by atoms with van der Waals surface area (Å²) >= 11 is 0. The van der Waals surface area contributed by atoms with Crippen molar-refractivity contribution in [1.29, 1.82) is 0 Å². The molecule has 1 rings (SSSR count). The van der Waals surface area contributed by atoms with Crippen molar-refractivity contribution < 1.29 is 9.84 Å². The molecule has 1 saturated heterocycles. The number of hydrogen-bond acceptors (Lipinski definition) is 2. The Kier molecular flexibility index (Phi) is 8.07. The van der Waals surface area contributed by atoms with E-state index in [0.29, 0.717) is 6.61 Å². The summed E-state index contributed by atoms with van der Waals surface area (Å²) in [6.45, 7) is 8.98. The zero-order valence-corrected chi connectivity index (χ0v) is 10.9. The van der Waals surface area contributed by atoms with Crippen molar-refractivity contribution in [2.24, 2.45) is 0 Å². The Morgan fingerprint density at radius 3 is 1.87 bits per heavy atom. The van der Waals surface area contributed by atoms with E-state index in [1.165, 1.54) is 32.1 Å². The topological polar surface area (TPSA) is 29.5 Å². The maximum Gasteiger partial charge on any atom is 0.0801 e. The van der Waals surface area contributed by atoms with E-state index in [1.807, 2.05) is 13.8 Å². The van der Waals surface area contributed by atoms with Crippen molar-refractivity contribution in [3.05, 3.63) is 0 Å². The molecule has 1 aliphatic heterocycles. The van der Waals surface area contributed by atoms with Crippen LogP contribution in [-0.2, 0) is 4.74 Å². The average Bonchev–Trinajstić information content (AvgIpc) is 2.46. The first-order chi connectivity index (χ1) is 7.02. The van der Waals surface area contributed by atoms with Gasteiger partial charge in [-0.1, -0.05) is 46.0 Å². The minimum Gasteiger partial charge on any atom is -0.391 e. The molecule has 1 heterocycles. The molecule has 0 aromatic rings. The molecule has 0 aliphatic carbocycles. The van der Waals surface area contributed by atoms with Gasteiger partial charge >= 0.3 is 0 Å². The van der Waals surface area contributed by atoms with Crippen LogP contribution in [0.2, 0.25) is 0 Å². The predicted molar refractivity (Wildman–Crippen MR) is 65.1 cm³/mol. The third kappa shape index (κ3) is 8.88. The van der Waals surface area contributed by atoms with Crippen LogP contribution in [0.25, 0.3) is 0 Å². The molecule has 1 N–H and O–H groups in total. The van der Waals surface area contributed by atoms with Gasteiger partial charge in [0.15, 0.2) is 0 Å². The van der Waals surface area contributed by atoms with Crippen molar-refractivity contribution in [3.8, 4) is 0 Å². The summed E-state index contributed by atoms with van der Waals surface area (Å²) in [6.07, 6.45) is 7.55. The number of ether oxygens (including phenoxy) is 1. The number of unbranched alkanes of at least 4 members (excludes halogenated alkanes) is 4. The van der Waals surface area contributed by atoms with Crippen LogP contribution in [0.3, 0.4) is 0 Å². The smallest absolute Gasteiger partial charge is 0.0801 e. The molecule has 0 aromatic heterocycles. The van der Waals surface area contributed by atoms with Gasteiger partial charge in [-0.25, -0.2) is 0 Å². The monoisotopic (exact) mass is 216 g/mol. The molecule has 0 bridgehead atoms. The Bertz CT molecular complexity index is 139. The Hall–Kier alpha value is -0.0800. The summed E-state index contributed by atoms with van der Waals surface area (Å²) in [7, 11) is 0. The summed E-state index contributed by atoms with van der Waals surface area (Å²) in [4.78, 5) is 0. The van der Waals surface area contributed by atoms with Crippen LogP contribution in [0.5, 0.6) is 0 Å². The van der Waals surface area contributed by atoms with Crippen LogP contribution < -0.4 is 0 Å². The molecular weight excluding hydrogens is 188 g/mol. The summed E-state index contributed by atoms with van der Waals surface area (Å²) in [6, 6.07) is 0. The SMILES string of the molecule is CC1(C)CC(O)CO1.CCCCCCC. The van der Waals surface area contributed by atoms with Crippen molar-refractivity contribution in [3.63, 3.8) is 0 Å². The van der Waals surface area contributed by atoms with E-state index < -0.39 is 0 Å². The minimum absolute atomic E-state index is 0.0839. The summed E-state index contributed by atoms with van der Waals surface area (Å²) in [5, 5.41) is 8.94. The molecule has 0 spiro atoms. The standard InChI is InChI=1S/C7H16.C6H12O2/c1-3-5-7-6-4-2;1-6(2)3-5(7)4-8-6/h3-7H2,1-2H3;5,7H,3-4H2,1-2H3. The molecule has 1 unspecified atom stereocenters. The van der Waals surface area contributed by atoms with Crippen LogP contribution in [-0.4, -0.2) is 23.4 Å². The van der Waals surface area contributed by atoms with E-state index in [4.69, 9.17) is 9.84 Å². The van der Waals surface area contributed by atoms with Gasteiger partial charge < -0.3 is 9.84 Å². The van der Waals surface area contributed by atoms with Crippen molar-refractivity contribution in [1.82, 2.24) is 0 Å². The molecule has 1 aliphatic rings. The van der Waals surface area contributed by atoms with Crippen LogP contribution in [0, 0.1) is 0 Å². The van der Waals surface area contributed by atoms with E-state index in [9.17, 15) is 0 Å². The Morgan fingerprint density at radius 1 is 1.13 bits per heavy atom. The third-order valence-electron chi connectivity index (χ3n) is 2.60. The molecule has 1 fully saturated rings. The van der Waals surface area contributed by atoms with Crippen molar-refractivity contribution in [2.45, 2.75) is 77.9 Å². The third-order valence-corrected chi connectivity index (χ3v) is 2.60. The van der Waals surface area contributed by atoms with Gasteiger partial charge in [-0.05, 0) is 13.8 Å². The lowest BCUT2D eigenvalue weighted by atomic mass is 10.1. The van der Waals surface area contributed by atoms with E-state index in [2.05, 4.69) is 13.8 Å². The molecule has 15 heavy (non-hydrogen) atoms. The van der Waals surface area contributed by atoms with E-state index in [-0.39, 0.29) is 11.7 Å². The zero-order valence-electron chi connectivity index (χ0n) is 10.9. The number of hydrogen-bond donors (Lipinski definition) is 1. The number of aliphatic hydroxyl groups is 1. The maximum atomic E-state index is 8.94. The molecule has 0 aromatic carbocycles. The molecular formula is C13H28O2. The zero-order chi connectivity index (χ0) is 11.7. The Balaban J connectivity index is 0.000000265. The van der Waals surface area contributed by atoms with Gasteiger partial charge in [0.1, 0.15) is 0 Å². The lowest BCUT2D eigenvalue weighted by Crippen LogP contribution is -2.17. The van der Waals surface area contributed by atoms with Gasteiger partial charge in [0.2, 0.25) is 0 Å². The fourth-order valence-corrected chi connectivity index (χ4v) is 1.68. The molecule has 0 radical (unpaired) electrons. The molecule has 2 heteroatoms. The largest absolute Gasteiger partial charge is 0.391 e. The molecule has 0 saturated carbocycles. The van der Waals surface area contributed by atoms with Gasteiger partial charge in [-0.2, -0.15) is 0 Å². The highest BCUT2D eigenvalue weighted by Gasteiger charge is 2.30. The van der Waals surface area contributed by atoms with Crippen LogP contribution >= 0.6 is 0 Å². The van der Waals surface area contributed by atoms with Crippen molar-refractivity contribution >= 4 is 0 Å². The minimum atomic E-state index is -0.231. The lowest BCUT2D eigenvalue weighted by molar-refractivity contribution is 0.0306. The Labute approximate surface area is 95.0 Å². The maximum absolute atomic E-state index is 8.94. The van der Waals surface area contributed by atoms with Crippen LogP contribution in [0.15, 0.2) is 0 Å². The second-order valence-corrected chi connectivity index (χ2v) is 4.99. The van der Waals surface area contributed by atoms with E-state index >= 15 is 0 Å². The van der Waals surface area contributed by atoms with Crippen LogP contribution in [0.4, 0.5) is 0 Å². The van der Waals surface area contributed by atoms with Gasteiger partial charge in [-0.15, -0.1) is 0 Å². The van der Waals surface area contributed by atoms with Gasteiger partial charge in [-0.3, -0.25) is 0 Å². The first kappa shape index (κ1) is 14.9. The highest BCUT2D eigenvalue weighted by atomic mass is 16.5. The van der Waals surface area contributed by atoms with Gasteiger partial charge in [0.25, 0.3) is 0 Å². The summed E-state index contributed by atoms with van der Waals surface area (Å²) in [5.41, 5.74) is -0.0839. The molecule has 2 nitrogen and oxygen atoms in total. The van der Waals surface area contributed by atoms with E-state index in [0.717, 1.165) is 6.42 Å². The van der Waals surface area contributed by atoms with Crippen molar-refractivity contribution in [2.75, 3.05) is 6.61 Å². The van der Waals surface area contributed by atoms with Gasteiger partial charge in [0, 0.05) is 6.42 Å².